The van der Waals surface area contributed by atoms with Crippen LogP contribution >= 0.6 is 0 Å². The summed E-state index contributed by atoms with van der Waals surface area (Å²) in [7, 11) is -3.32. The molecule has 0 aromatic heterocycles. The fourth-order valence-electron chi connectivity index (χ4n) is 3.03. The van der Waals surface area contributed by atoms with Gasteiger partial charge in [-0.15, -0.1) is 0 Å². The number of nitrogens with zero attached hydrogens (tertiary/aromatic N) is 1. The Morgan fingerprint density at radius 3 is 2.24 bits per heavy atom. The summed E-state index contributed by atoms with van der Waals surface area (Å²) in [6, 6.07) is 13.9. The first-order valence-corrected chi connectivity index (χ1v) is 10.9. The summed E-state index contributed by atoms with van der Waals surface area (Å²) in [4.78, 5) is 24.8. The Balaban J connectivity index is 1.56. The predicted molar refractivity (Wildman–Crippen MR) is 107 cm³/mol. The minimum Gasteiger partial charge on any atom is -0.460 e. The molecule has 154 valence electrons. The van der Waals surface area contributed by atoms with Gasteiger partial charge in [-0.1, -0.05) is 12.1 Å². The Kier molecular flexibility index (Phi) is 6.07. The van der Waals surface area contributed by atoms with Crippen molar-refractivity contribution in [3.63, 3.8) is 0 Å². The number of benzene rings is 2. The van der Waals surface area contributed by atoms with Crippen LogP contribution in [0, 0.1) is 0 Å². The van der Waals surface area contributed by atoms with Crippen molar-refractivity contribution in [3.05, 3.63) is 54.1 Å². The average Bonchev–Trinajstić information content (AvgIpc) is 2.95. The third kappa shape index (κ3) is 6.21. The van der Waals surface area contributed by atoms with Gasteiger partial charge in [0.15, 0.2) is 0 Å². The van der Waals surface area contributed by atoms with Gasteiger partial charge in [-0.25, -0.2) is 8.42 Å². The SMILES string of the molecule is CC(=O)OC1CC(=O)N(Cc2ccc(Oc3ccc(NS(C)(=O)=O)cc3)cc2)C1. The highest BCUT2D eigenvalue weighted by Gasteiger charge is 2.31. The van der Waals surface area contributed by atoms with E-state index in [4.69, 9.17) is 9.47 Å². The predicted octanol–water partition coefficient (Wildman–Crippen LogP) is 2.51. The number of esters is 1. The maximum Gasteiger partial charge on any atom is 0.302 e. The van der Waals surface area contributed by atoms with E-state index in [1.54, 1.807) is 41.3 Å². The normalized spacial score (nSPS) is 16.6. The largest absolute Gasteiger partial charge is 0.460 e. The summed E-state index contributed by atoms with van der Waals surface area (Å²) in [6.45, 7) is 2.16. The van der Waals surface area contributed by atoms with E-state index in [0.717, 1.165) is 11.8 Å². The average molecular weight is 418 g/mol. The summed E-state index contributed by atoms with van der Waals surface area (Å²) in [5.74, 6) is 0.754. The van der Waals surface area contributed by atoms with E-state index in [1.165, 1.54) is 6.92 Å². The van der Waals surface area contributed by atoms with Gasteiger partial charge in [0, 0.05) is 19.2 Å². The number of sulfonamides is 1. The number of carbonyl (C=O) groups excluding carboxylic acids is 2. The highest BCUT2D eigenvalue weighted by atomic mass is 32.2. The lowest BCUT2D eigenvalue weighted by Crippen LogP contribution is -2.26. The van der Waals surface area contributed by atoms with Crippen LogP contribution < -0.4 is 9.46 Å². The lowest BCUT2D eigenvalue weighted by molar-refractivity contribution is -0.145. The van der Waals surface area contributed by atoms with Crippen LogP contribution in [-0.4, -0.2) is 44.1 Å². The van der Waals surface area contributed by atoms with Crippen LogP contribution in [0.2, 0.25) is 0 Å². The van der Waals surface area contributed by atoms with E-state index < -0.39 is 10.0 Å². The zero-order valence-electron chi connectivity index (χ0n) is 16.1. The molecular weight excluding hydrogens is 396 g/mol. The summed E-state index contributed by atoms with van der Waals surface area (Å²) < 4.78 is 35.7. The topological polar surface area (TPSA) is 102 Å². The van der Waals surface area contributed by atoms with Gasteiger partial charge >= 0.3 is 5.97 Å². The molecule has 0 saturated carbocycles. The molecule has 2 aromatic rings. The van der Waals surface area contributed by atoms with Crippen molar-refractivity contribution in [2.75, 3.05) is 17.5 Å². The number of anilines is 1. The minimum absolute atomic E-state index is 0.0423. The molecule has 29 heavy (non-hydrogen) atoms. The van der Waals surface area contributed by atoms with Gasteiger partial charge in [0.25, 0.3) is 0 Å². The van der Waals surface area contributed by atoms with Gasteiger partial charge < -0.3 is 14.4 Å². The number of nitrogens with one attached hydrogen (secondary N) is 1. The Labute approximate surface area is 169 Å². The minimum atomic E-state index is -3.32. The molecule has 1 saturated heterocycles. The molecule has 0 radical (unpaired) electrons. The van der Waals surface area contributed by atoms with E-state index >= 15 is 0 Å². The zero-order chi connectivity index (χ0) is 21.0. The van der Waals surface area contributed by atoms with Crippen LogP contribution in [0.3, 0.4) is 0 Å². The molecule has 1 unspecified atom stereocenters. The number of amides is 1. The van der Waals surface area contributed by atoms with Crippen molar-refractivity contribution in [3.8, 4) is 11.5 Å². The second-order valence-corrected chi connectivity index (χ2v) is 8.60. The van der Waals surface area contributed by atoms with Crippen LogP contribution in [0.1, 0.15) is 18.9 Å². The smallest absolute Gasteiger partial charge is 0.302 e. The summed E-state index contributed by atoms with van der Waals surface area (Å²) in [6.07, 6.45) is 0.915. The summed E-state index contributed by atoms with van der Waals surface area (Å²) >= 11 is 0. The first-order chi connectivity index (χ1) is 13.7. The Hall–Kier alpha value is -3.07. The Morgan fingerprint density at radius 2 is 1.69 bits per heavy atom. The van der Waals surface area contributed by atoms with Crippen molar-refractivity contribution in [1.82, 2.24) is 4.90 Å². The van der Waals surface area contributed by atoms with E-state index in [9.17, 15) is 18.0 Å². The quantitative estimate of drug-likeness (QED) is 0.693. The van der Waals surface area contributed by atoms with Gasteiger partial charge in [-0.05, 0) is 42.0 Å². The van der Waals surface area contributed by atoms with Gasteiger partial charge in [-0.3, -0.25) is 14.3 Å². The second-order valence-electron chi connectivity index (χ2n) is 6.85. The van der Waals surface area contributed by atoms with E-state index in [2.05, 4.69) is 4.72 Å². The third-order valence-corrected chi connectivity index (χ3v) is 4.81. The van der Waals surface area contributed by atoms with Crippen molar-refractivity contribution in [1.29, 1.82) is 0 Å². The van der Waals surface area contributed by atoms with Crippen molar-refractivity contribution < 1.29 is 27.5 Å². The molecule has 1 N–H and O–H groups in total. The standard InChI is InChI=1S/C20H22N2O6S/c1-14(23)27-19-11-20(24)22(13-19)12-15-3-7-17(8-4-15)28-18-9-5-16(6-10-18)21-29(2,25)26/h3-10,19,21H,11-13H2,1-2H3. The second kappa shape index (κ2) is 8.52. The molecule has 1 fully saturated rings. The molecule has 9 heteroatoms. The molecule has 1 heterocycles. The maximum absolute atomic E-state index is 12.1. The molecule has 1 atom stereocenters. The number of likely N-dealkylation sites (tertiary alicyclic amines) is 1. The highest BCUT2D eigenvalue weighted by molar-refractivity contribution is 7.92. The molecule has 8 nitrogen and oxygen atoms in total. The van der Waals surface area contributed by atoms with Gasteiger partial charge in [0.2, 0.25) is 15.9 Å². The van der Waals surface area contributed by atoms with Gasteiger partial charge in [0.1, 0.15) is 17.6 Å². The van der Waals surface area contributed by atoms with Crippen molar-refractivity contribution in [2.24, 2.45) is 0 Å². The number of carbonyl (C=O) groups is 2. The first-order valence-electron chi connectivity index (χ1n) is 8.97. The molecule has 0 spiro atoms. The Bertz CT molecular complexity index is 987. The van der Waals surface area contributed by atoms with E-state index in [0.29, 0.717) is 30.3 Å². The van der Waals surface area contributed by atoms with Gasteiger partial charge in [-0.2, -0.15) is 0 Å². The van der Waals surface area contributed by atoms with Crippen LogP contribution in [0.4, 0.5) is 5.69 Å². The first kappa shape index (κ1) is 20.7. The molecule has 2 aromatic carbocycles. The molecule has 1 aliphatic rings. The lowest BCUT2D eigenvalue weighted by atomic mass is 10.2. The lowest BCUT2D eigenvalue weighted by Gasteiger charge is -2.17. The molecule has 1 amide bonds. The van der Waals surface area contributed by atoms with Gasteiger partial charge in [0.05, 0.1) is 19.2 Å². The van der Waals surface area contributed by atoms with Crippen LogP contribution in [0.5, 0.6) is 11.5 Å². The van der Waals surface area contributed by atoms with Crippen molar-refractivity contribution in [2.45, 2.75) is 26.0 Å². The maximum atomic E-state index is 12.1. The molecule has 1 aliphatic heterocycles. The monoisotopic (exact) mass is 418 g/mol. The highest BCUT2D eigenvalue weighted by Crippen LogP contribution is 2.25. The fraction of sp³-hybridized carbons (Fsp3) is 0.300. The summed E-state index contributed by atoms with van der Waals surface area (Å²) in [5, 5.41) is 0. The van der Waals surface area contributed by atoms with Crippen LogP contribution in [-0.2, 0) is 30.9 Å². The van der Waals surface area contributed by atoms with Crippen LogP contribution in [0.25, 0.3) is 0 Å². The van der Waals surface area contributed by atoms with Crippen LogP contribution in [0.15, 0.2) is 48.5 Å². The number of ether oxygens (including phenoxy) is 2. The molecule has 3 rings (SSSR count). The zero-order valence-corrected chi connectivity index (χ0v) is 16.9. The van der Waals surface area contributed by atoms with Crippen molar-refractivity contribution >= 4 is 27.6 Å². The van der Waals surface area contributed by atoms with E-state index in [-0.39, 0.29) is 24.4 Å². The number of hydrogen-bond acceptors (Lipinski definition) is 6. The number of hydrogen-bond donors (Lipinski definition) is 1. The molecular formula is C20H22N2O6S. The summed E-state index contributed by atoms with van der Waals surface area (Å²) in [5.41, 5.74) is 1.39. The fourth-order valence-corrected chi connectivity index (χ4v) is 3.59. The molecule has 0 aliphatic carbocycles. The number of rotatable bonds is 7. The third-order valence-electron chi connectivity index (χ3n) is 4.20. The molecule has 0 bridgehead atoms. The Morgan fingerprint density at radius 1 is 1.10 bits per heavy atom. The van der Waals surface area contributed by atoms with E-state index in [1.807, 2.05) is 12.1 Å².